The number of pyridine rings is 1. The minimum absolute atomic E-state index is 0.172. The van der Waals surface area contributed by atoms with Gasteiger partial charge in [-0.2, -0.15) is 5.10 Å². The first kappa shape index (κ1) is 15.2. The van der Waals surface area contributed by atoms with Crippen molar-refractivity contribution in [1.29, 1.82) is 0 Å². The summed E-state index contributed by atoms with van der Waals surface area (Å²) in [4.78, 5) is 16.6. The Morgan fingerprint density at radius 1 is 1.22 bits per heavy atom. The van der Waals surface area contributed by atoms with E-state index in [1.165, 1.54) is 30.5 Å². The summed E-state index contributed by atoms with van der Waals surface area (Å²) in [6.07, 6.45) is 2.64. The number of aromatic amines is 1. The molecule has 0 saturated heterocycles. The number of benzene rings is 1. The molecule has 3 aromatic rings. The molecule has 118 valence electrons. The Morgan fingerprint density at radius 3 is 2.57 bits per heavy atom. The molecule has 0 aliphatic rings. The van der Waals surface area contributed by atoms with E-state index in [-0.39, 0.29) is 10.8 Å². The topological polar surface area (TPSA) is 105 Å². The van der Waals surface area contributed by atoms with E-state index >= 15 is 0 Å². The molecule has 0 radical (unpaired) electrons. The van der Waals surface area contributed by atoms with Gasteiger partial charge in [0.1, 0.15) is 0 Å². The summed E-state index contributed by atoms with van der Waals surface area (Å²) in [5.41, 5.74) is 2.35. The molecule has 0 saturated carbocycles. The quantitative estimate of drug-likeness (QED) is 0.763. The molecule has 23 heavy (non-hydrogen) atoms. The van der Waals surface area contributed by atoms with Crippen LogP contribution in [-0.2, 0) is 9.84 Å². The average Bonchev–Trinajstić information content (AvgIpc) is 2.88. The standard InChI is InChI=1S/C15H14N4O3S/c1-9-13-7-11(8-16-14(13)19-18-9)17-15(20)10-3-5-12(6-4-10)23(2,21)22/h3-8H,1-2H3,(H,17,20)(H,16,18,19). The maximum atomic E-state index is 12.2. The number of hydrogen-bond donors (Lipinski definition) is 2. The van der Waals surface area contributed by atoms with Crippen molar-refractivity contribution in [3.8, 4) is 0 Å². The van der Waals surface area contributed by atoms with E-state index in [4.69, 9.17) is 0 Å². The smallest absolute Gasteiger partial charge is 0.255 e. The highest BCUT2D eigenvalue weighted by Crippen LogP contribution is 2.18. The molecule has 3 rings (SSSR count). The lowest BCUT2D eigenvalue weighted by atomic mass is 10.2. The number of H-pyrrole nitrogens is 1. The van der Waals surface area contributed by atoms with Crippen LogP contribution in [0.3, 0.4) is 0 Å². The number of sulfone groups is 1. The Balaban J connectivity index is 1.84. The first-order chi connectivity index (χ1) is 10.8. The highest BCUT2D eigenvalue weighted by atomic mass is 32.2. The van der Waals surface area contributed by atoms with Gasteiger partial charge >= 0.3 is 0 Å². The molecule has 1 amide bonds. The van der Waals surface area contributed by atoms with Gasteiger partial charge in [0.25, 0.3) is 5.91 Å². The molecule has 0 atom stereocenters. The number of aromatic nitrogens is 3. The number of fused-ring (bicyclic) bond motifs is 1. The Morgan fingerprint density at radius 2 is 1.91 bits per heavy atom. The summed E-state index contributed by atoms with van der Waals surface area (Å²) < 4.78 is 22.8. The number of rotatable bonds is 3. The lowest BCUT2D eigenvalue weighted by molar-refractivity contribution is 0.102. The zero-order valence-corrected chi connectivity index (χ0v) is 13.3. The Bertz CT molecular complexity index is 991. The Hall–Kier alpha value is -2.74. The predicted octanol–water partition coefficient (Wildman–Crippen LogP) is 1.92. The third-order valence-electron chi connectivity index (χ3n) is 3.40. The van der Waals surface area contributed by atoms with Crippen LogP contribution in [0, 0.1) is 6.92 Å². The predicted molar refractivity (Wildman–Crippen MR) is 86.1 cm³/mol. The van der Waals surface area contributed by atoms with Gasteiger partial charge in [-0.3, -0.25) is 9.89 Å². The van der Waals surface area contributed by atoms with Crippen LogP contribution >= 0.6 is 0 Å². The molecule has 2 N–H and O–H groups in total. The van der Waals surface area contributed by atoms with E-state index in [1.54, 1.807) is 6.07 Å². The maximum absolute atomic E-state index is 12.2. The summed E-state index contributed by atoms with van der Waals surface area (Å²) >= 11 is 0. The van der Waals surface area contributed by atoms with Crippen molar-refractivity contribution in [3.63, 3.8) is 0 Å². The normalized spacial score (nSPS) is 11.6. The van der Waals surface area contributed by atoms with E-state index in [0.717, 1.165) is 17.3 Å². The van der Waals surface area contributed by atoms with Gasteiger partial charge in [0.05, 0.1) is 16.8 Å². The molecule has 8 heteroatoms. The van der Waals surface area contributed by atoms with E-state index in [2.05, 4.69) is 20.5 Å². The monoisotopic (exact) mass is 330 g/mol. The number of anilines is 1. The highest BCUT2D eigenvalue weighted by Gasteiger charge is 2.11. The Kier molecular flexibility index (Phi) is 3.61. The first-order valence-corrected chi connectivity index (χ1v) is 8.66. The van der Waals surface area contributed by atoms with Crippen molar-refractivity contribution in [2.75, 3.05) is 11.6 Å². The second kappa shape index (κ2) is 5.47. The fraction of sp³-hybridized carbons (Fsp3) is 0.133. The fourth-order valence-corrected chi connectivity index (χ4v) is 2.78. The van der Waals surface area contributed by atoms with E-state index in [9.17, 15) is 13.2 Å². The van der Waals surface area contributed by atoms with Gasteiger partial charge < -0.3 is 5.32 Å². The average molecular weight is 330 g/mol. The zero-order chi connectivity index (χ0) is 16.6. The lowest BCUT2D eigenvalue weighted by Crippen LogP contribution is -2.12. The molecule has 1 aromatic carbocycles. The van der Waals surface area contributed by atoms with Crippen molar-refractivity contribution >= 4 is 32.5 Å². The number of carbonyl (C=O) groups excluding carboxylic acids is 1. The van der Waals surface area contributed by atoms with Crippen molar-refractivity contribution in [1.82, 2.24) is 15.2 Å². The van der Waals surface area contributed by atoms with Crippen LogP contribution in [-0.4, -0.2) is 35.8 Å². The molecule has 0 aliphatic heterocycles. The molecular weight excluding hydrogens is 316 g/mol. The molecule has 0 spiro atoms. The van der Waals surface area contributed by atoms with E-state index in [1.807, 2.05) is 6.92 Å². The van der Waals surface area contributed by atoms with Gasteiger partial charge in [0.2, 0.25) is 0 Å². The van der Waals surface area contributed by atoms with E-state index in [0.29, 0.717) is 16.9 Å². The SMILES string of the molecule is Cc1[nH]nc2ncc(NC(=O)c3ccc(S(C)(=O)=O)cc3)cc12. The number of aryl methyl sites for hydroxylation is 1. The largest absolute Gasteiger partial charge is 0.321 e. The van der Waals surface area contributed by atoms with Gasteiger partial charge in [-0.25, -0.2) is 13.4 Å². The minimum Gasteiger partial charge on any atom is -0.321 e. The van der Waals surface area contributed by atoms with Crippen LogP contribution in [0.15, 0.2) is 41.4 Å². The molecule has 0 unspecified atom stereocenters. The second-order valence-corrected chi connectivity index (χ2v) is 7.21. The third kappa shape index (κ3) is 3.07. The second-order valence-electron chi connectivity index (χ2n) is 5.19. The summed E-state index contributed by atoms with van der Waals surface area (Å²) in [7, 11) is -3.28. The summed E-state index contributed by atoms with van der Waals surface area (Å²) in [5.74, 6) is -0.340. The number of carbonyl (C=O) groups is 1. The summed E-state index contributed by atoms with van der Waals surface area (Å²) in [6, 6.07) is 7.54. The molecule has 2 aromatic heterocycles. The number of hydrogen-bond acceptors (Lipinski definition) is 5. The van der Waals surface area contributed by atoms with Gasteiger partial charge in [-0.05, 0) is 37.3 Å². The van der Waals surface area contributed by atoms with Crippen molar-refractivity contribution < 1.29 is 13.2 Å². The number of nitrogens with one attached hydrogen (secondary N) is 2. The van der Waals surface area contributed by atoms with Crippen LogP contribution in [0.25, 0.3) is 11.0 Å². The third-order valence-corrected chi connectivity index (χ3v) is 4.53. The van der Waals surface area contributed by atoms with Crippen molar-refractivity contribution in [2.45, 2.75) is 11.8 Å². The molecule has 2 heterocycles. The van der Waals surface area contributed by atoms with E-state index < -0.39 is 9.84 Å². The lowest BCUT2D eigenvalue weighted by Gasteiger charge is -2.06. The van der Waals surface area contributed by atoms with Gasteiger partial charge in [0, 0.05) is 22.9 Å². The summed E-state index contributed by atoms with van der Waals surface area (Å²) in [5, 5.41) is 10.4. The zero-order valence-electron chi connectivity index (χ0n) is 12.5. The van der Waals surface area contributed by atoms with Gasteiger partial charge in [-0.15, -0.1) is 0 Å². The van der Waals surface area contributed by atoms with Gasteiger partial charge in [0.15, 0.2) is 15.5 Å². The molecule has 7 nitrogen and oxygen atoms in total. The van der Waals surface area contributed by atoms with Crippen LogP contribution in [0.2, 0.25) is 0 Å². The number of amides is 1. The van der Waals surface area contributed by atoms with Crippen molar-refractivity contribution in [2.24, 2.45) is 0 Å². The maximum Gasteiger partial charge on any atom is 0.255 e. The fourth-order valence-electron chi connectivity index (χ4n) is 2.14. The van der Waals surface area contributed by atoms with Crippen LogP contribution in [0.5, 0.6) is 0 Å². The van der Waals surface area contributed by atoms with Crippen LogP contribution < -0.4 is 5.32 Å². The van der Waals surface area contributed by atoms with Crippen LogP contribution in [0.1, 0.15) is 16.1 Å². The Labute approximate surface area is 132 Å². The first-order valence-electron chi connectivity index (χ1n) is 6.77. The van der Waals surface area contributed by atoms with Gasteiger partial charge in [-0.1, -0.05) is 0 Å². The molecule has 0 bridgehead atoms. The van der Waals surface area contributed by atoms with Crippen molar-refractivity contribution in [3.05, 3.63) is 47.8 Å². The highest BCUT2D eigenvalue weighted by molar-refractivity contribution is 7.90. The molecular formula is C15H14N4O3S. The molecule has 0 aliphatic carbocycles. The van der Waals surface area contributed by atoms with Crippen LogP contribution in [0.4, 0.5) is 5.69 Å². The summed E-state index contributed by atoms with van der Waals surface area (Å²) in [6.45, 7) is 1.87. The number of nitrogens with zero attached hydrogens (tertiary/aromatic N) is 2. The molecule has 0 fully saturated rings. The minimum atomic E-state index is -3.28.